The highest BCUT2D eigenvalue weighted by atomic mass is 16.4. The largest absolute Gasteiger partial charge is 0.481 e. The Bertz CT molecular complexity index is 1200. The summed E-state index contributed by atoms with van der Waals surface area (Å²) in [6.07, 6.45) is 1.04. The molecule has 0 radical (unpaired) electrons. The minimum atomic E-state index is -1.29. The van der Waals surface area contributed by atoms with E-state index >= 15 is 0 Å². The molecule has 2 heterocycles. The summed E-state index contributed by atoms with van der Waals surface area (Å²) >= 11 is 0. The fourth-order valence-corrected chi connectivity index (χ4v) is 3.15. The van der Waals surface area contributed by atoms with Gasteiger partial charge in [-0.15, -0.1) is 0 Å². The molecule has 0 saturated heterocycles. The number of benzene rings is 1. The van der Waals surface area contributed by atoms with Crippen molar-refractivity contribution in [3.63, 3.8) is 0 Å². The van der Waals surface area contributed by atoms with Crippen LogP contribution in [-0.4, -0.2) is 61.1 Å². The number of hydrogen-bond donors (Lipinski definition) is 4. The Balaban J connectivity index is 1.67. The number of nitrogen functional groups attached to an aromatic ring is 1. The molecule has 1 atom stereocenters. The van der Waals surface area contributed by atoms with Crippen LogP contribution >= 0.6 is 0 Å². The molecule has 1 unspecified atom stereocenters. The van der Waals surface area contributed by atoms with Crippen LogP contribution in [0.15, 0.2) is 30.5 Å². The van der Waals surface area contributed by atoms with Crippen molar-refractivity contribution < 1.29 is 24.6 Å². The highest BCUT2D eigenvalue weighted by molar-refractivity contribution is 5.97. The van der Waals surface area contributed by atoms with Gasteiger partial charge in [0.1, 0.15) is 11.6 Å². The highest BCUT2D eigenvalue weighted by Crippen LogP contribution is 2.18. The Hall–Kier alpha value is -4.35. The molecule has 3 aromatic rings. The SMILES string of the molecule is Cc1nc(N)nc2ncc(CN(C)c3ccc(C(=O)NC(CCC(=O)O)C(=O)O)cc3)nc12. The molecular weight excluding hydrogens is 430 g/mol. The van der Waals surface area contributed by atoms with Crippen LogP contribution in [0.4, 0.5) is 11.6 Å². The fraction of sp³-hybridized carbons (Fsp3) is 0.286. The Labute approximate surface area is 188 Å². The maximum absolute atomic E-state index is 12.4. The number of carbonyl (C=O) groups is 3. The number of carbonyl (C=O) groups excluding carboxylic acids is 1. The molecule has 2 aromatic heterocycles. The first-order valence-corrected chi connectivity index (χ1v) is 9.96. The van der Waals surface area contributed by atoms with E-state index in [4.69, 9.17) is 10.8 Å². The van der Waals surface area contributed by atoms with Crippen LogP contribution in [0.3, 0.4) is 0 Å². The van der Waals surface area contributed by atoms with Crippen molar-refractivity contribution in [2.75, 3.05) is 17.7 Å². The zero-order valence-corrected chi connectivity index (χ0v) is 18.0. The van der Waals surface area contributed by atoms with Crippen LogP contribution in [0, 0.1) is 6.92 Å². The van der Waals surface area contributed by atoms with Gasteiger partial charge < -0.3 is 26.2 Å². The summed E-state index contributed by atoms with van der Waals surface area (Å²) < 4.78 is 0. The number of hydrogen-bond acceptors (Lipinski definition) is 9. The van der Waals surface area contributed by atoms with E-state index in [1.165, 1.54) is 0 Å². The minimum Gasteiger partial charge on any atom is -0.481 e. The third-order valence-corrected chi connectivity index (χ3v) is 4.87. The number of aromatic nitrogens is 4. The van der Waals surface area contributed by atoms with Crippen molar-refractivity contribution in [1.82, 2.24) is 25.3 Å². The lowest BCUT2D eigenvalue weighted by Gasteiger charge is -2.19. The quantitative estimate of drug-likeness (QED) is 0.362. The standard InChI is InChI=1S/C21H23N7O5/c1-11-17-18(27-21(22)24-11)23-9-13(25-17)10-28(2)14-5-3-12(4-6-14)19(31)26-15(20(32)33)7-8-16(29)30/h3-6,9,15H,7-8,10H2,1-2H3,(H,26,31)(H,29,30)(H,32,33)(H2,22,23,24,27). The number of aryl methyl sites for hydroxylation is 1. The zero-order chi connectivity index (χ0) is 24.1. The molecule has 0 saturated carbocycles. The highest BCUT2D eigenvalue weighted by Gasteiger charge is 2.21. The Morgan fingerprint density at radius 2 is 1.82 bits per heavy atom. The van der Waals surface area contributed by atoms with E-state index in [1.807, 2.05) is 11.9 Å². The summed E-state index contributed by atoms with van der Waals surface area (Å²) in [5, 5.41) is 20.3. The lowest BCUT2D eigenvalue weighted by molar-refractivity contribution is -0.140. The van der Waals surface area contributed by atoms with Gasteiger partial charge in [-0.25, -0.2) is 19.7 Å². The second kappa shape index (κ2) is 9.85. The molecule has 0 fully saturated rings. The first-order chi connectivity index (χ1) is 15.6. The number of amides is 1. The molecule has 1 aromatic carbocycles. The van der Waals surface area contributed by atoms with Crippen LogP contribution in [0.25, 0.3) is 11.2 Å². The summed E-state index contributed by atoms with van der Waals surface area (Å²) in [5.74, 6) is -2.89. The van der Waals surface area contributed by atoms with Crippen LogP contribution in [0.5, 0.6) is 0 Å². The van der Waals surface area contributed by atoms with Crippen LogP contribution in [0.1, 0.15) is 34.6 Å². The molecule has 0 aliphatic carbocycles. The lowest BCUT2D eigenvalue weighted by Crippen LogP contribution is -2.41. The molecule has 172 valence electrons. The molecule has 12 nitrogen and oxygen atoms in total. The first-order valence-electron chi connectivity index (χ1n) is 9.96. The Morgan fingerprint density at radius 3 is 2.45 bits per heavy atom. The number of nitrogens with two attached hydrogens (primary N) is 1. The summed E-state index contributed by atoms with van der Waals surface area (Å²) in [5.41, 5.74) is 8.99. The van der Waals surface area contributed by atoms with Gasteiger partial charge in [0.05, 0.1) is 24.1 Å². The summed E-state index contributed by atoms with van der Waals surface area (Å²) in [4.78, 5) is 53.3. The fourth-order valence-electron chi connectivity index (χ4n) is 3.15. The molecule has 0 aliphatic heterocycles. The summed E-state index contributed by atoms with van der Waals surface area (Å²) in [6, 6.07) is 5.26. The molecule has 33 heavy (non-hydrogen) atoms. The van der Waals surface area contributed by atoms with E-state index in [9.17, 15) is 19.5 Å². The third-order valence-electron chi connectivity index (χ3n) is 4.87. The number of nitrogens with one attached hydrogen (secondary N) is 1. The molecule has 1 amide bonds. The molecule has 0 bridgehead atoms. The van der Waals surface area contributed by atoms with Gasteiger partial charge in [0.25, 0.3) is 5.91 Å². The molecule has 5 N–H and O–H groups in total. The minimum absolute atomic E-state index is 0.139. The summed E-state index contributed by atoms with van der Waals surface area (Å²) in [7, 11) is 1.85. The second-order valence-corrected chi connectivity index (χ2v) is 7.40. The monoisotopic (exact) mass is 453 g/mol. The number of carboxylic acid groups (broad SMARTS) is 2. The van der Waals surface area contributed by atoms with E-state index in [0.717, 1.165) is 5.69 Å². The number of nitrogens with zero attached hydrogens (tertiary/aromatic N) is 5. The van der Waals surface area contributed by atoms with Gasteiger partial charge in [-0.1, -0.05) is 0 Å². The van der Waals surface area contributed by atoms with E-state index in [-0.39, 0.29) is 24.4 Å². The zero-order valence-electron chi connectivity index (χ0n) is 18.0. The van der Waals surface area contributed by atoms with Crippen molar-refractivity contribution in [1.29, 1.82) is 0 Å². The molecule has 3 rings (SSSR count). The van der Waals surface area contributed by atoms with Gasteiger partial charge in [-0.2, -0.15) is 4.98 Å². The maximum Gasteiger partial charge on any atom is 0.326 e. The lowest BCUT2D eigenvalue weighted by atomic mass is 10.1. The molecule has 0 aliphatic rings. The third kappa shape index (κ3) is 5.87. The van der Waals surface area contributed by atoms with Crippen LogP contribution in [-0.2, 0) is 16.1 Å². The van der Waals surface area contributed by atoms with Gasteiger partial charge in [-0.05, 0) is 37.6 Å². The Kier molecular flexibility index (Phi) is 6.96. The summed E-state index contributed by atoms with van der Waals surface area (Å²) in [6.45, 7) is 2.21. The average Bonchev–Trinajstić information content (AvgIpc) is 2.76. The van der Waals surface area contributed by atoms with E-state index in [1.54, 1.807) is 37.4 Å². The van der Waals surface area contributed by atoms with Crippen molar-refractivity contribution >= 4 is 40.6 Å². The van der Waals surface area contributed by atoms with Gasteiger partial charge in [0.15, 0.2) is 5.65 Å². The van der Waals surface area contributed by atoms with Gasteiger partial charge in [0, 0.05) is 24.7 Å². The van der Waals surface area contributed by atoms with Crippen molar-refractivity contribution in [3.8, 4) is 0 Å². The number of rotatable bonds is 9. The van der Waals surface area contributed by atoms with E-state index in [0.29, 0.717) is 29.1 Å². The Morgan fingerprint density at radius 1 is 1.12 bits per heavy atom. The van der Waals surface area contributed by atoms with E-state index in [2.05, 4.69) is 25.3 Å². The van der Waals surface area contributed by atoms with Crippen molar-refractivity contribution in [3.05, 3.63) is 47.4 Å². The van der Waals surface area contributed by atoms with Gasteiger partial charge in [0.2, 0.25) is 5.95 Å². The molecular formula is C21H23N7O5. The van der Waals surface area contributed by atoms with Crippen molar-refractivity contribution in [2.24, 2.45) is 0 Å². The van der Waals surface area contributed by atoms with Gasteiger partial charge >= 0.3 is 11.9 Å². The molecule has 0 spiro atoms. The number of fused-ring (bicyclic) bond motifs is 1. The smallest absolute Gasteiger partial charge is 0.326 e. The van der Waals surface area contributed by atoms with Crippen LogP contribution < -0.4 is 16.0 Å². The topological polar surface area (TPSA) is 185 Å². The van der Waals surface area contributed by atoms with Crippen LogP contribution in [0.2, 0.25) is 0 Å². The van der Waals surface area contributed by atoms with E-state index < -0.39 is 23.9 Å². The molecule has 12 heteroatoms. The number of anilines is 2. The second-order valence-electron chi connectivity index (χ2n) is 7.40. The predicted octanol–water partition coefficient (Wildman–Crippen LogP) is 0.995. The first kappa shape index (κ1) is 23.3. The normalized spacial score (nSPS) is 11.7. The predicted molar refractivity (Wildman–Crippen MR) is 119 cm³/mol. The maximum atomic E-state index is 12.4. The van der Waals surface area contributed by atoms with Crippen molar-refractivity contribution in [2.45, 2.75) is 32.4 Å². The number of carboxylic acids is 2. The average molecular weight is 453 g/mol. The van der Waals surface area contributed by atoms with Gasteiger partial charge in [-0.3, -0.25) is 9.59 Å². The number of aliphatic carboxylic acids is 2.